The second-order valence-corrected chi connectivity index (χ2v) is 5.54. The molecule has 0 aromatic carbocycles. The minimum absolute atomic E-state index is 0.00727. The van der Waals surface area contributed by atoms with Crippen LogP contribution in [0.3, 0.4) is 0 Å². The number of rotatable bonds is 3. The zero-order valence-corrected chi connectivity index (χ0v) is 10.4. The Morgan fingerprint density at radius 2 is 2.00 bits per heavy atom. The summed E-state index contributed by atoms with van der Waals surface area (Å²) in [4.78, 5) is 33.7. The number of carbonyl (C=O) groups is 1. The smallest absolute Gasteiger partial charge is 0.295 e. The molecule has 0 spiro atoms. The van der Waals surface area contributed by atoms with Gasteiger partial charge in [0.25, 0.3) is 11.1 Å². The van der Waals surface area contributed by atoms with Gasteiger partial charge in [0.2, 0.25) is 5.91 Å². The van der Waals surface area contributed by atoms with E-state index in [1.165, 1.54) is 6.08 Å². The summed E-state index contributed by atoms with van der Waals surface area (Å²) in [6.07, 6.45) is 0.899. The number of nitrogens with zero attached hydrogens (tertiary/aromatic N) is 2. The van der Waals surface area contributed by atoms with Gasteiger partial charge < -0.3 is 10.6 Å². The van der Waals surface area contributed by atoms with Gasteiger partial charge in [0.05, 0.1) is 13.5 Å². The molecule has 0 saturated carbocycles. The summed E-state index contributed by atoms with van der Waals surface area (Å²) >= 11 is 0. The molecule has 1 aliphatic carbocycles. The first kappa shape index (κ1) is 13.4. The molecule has 3 atom stereocenters. The van der Waals surface area contributed by atoms with Crippen LogP contribution in [-0.2, 0) is 4.79 Å². The van der Waals surface area contributed by atoms with Crippen molar-refractivity contribution in [3.63, 3.8) is 0 Å². The van der Waals surface area contributed by atoms with E-state index in [9.17, 15) is 25.0 Å². The second kappa shape index (κ2) is 3.98. The Balaban J connectivity index is 2.58. The van der Waals surface area contributed by atoms with Crippen LogP contribution in [0.1, 0.15) is 12.8 Å². The number of amides is 1. The fourth-order valence-electron chi connectivity index (χ4n) is 3.33. The van der Waals surface area contributed by atoms with E-state index in [2.05, 4.69) is 0 Å². The Bertz CT molecular complexity index is 504. The molecule has 9 heteroatoms. The summed E-state index contributed by atoms with van der Waals surface area (Å²) in [7, 11) is 1.68. The minimum atomic E-state index is -1.57. The number of likely N-dealkylation sites (tertiary alicyclic amines) is 1. The van der Waals surface area contributed by atoms with E-state index >= 15 is 0 Å². The van der Waals surface area contributed by atoms with Crippen LogP contribution in [-0.4, -0.2) is 47.0 Å². The van der Waals surface area contributed by atoms with Gasteiger partial charge in [-0.15, -0.1) is 0 Å². The molecular weight excluding hydrogens is 256 g/mol. The van der Waals surface area contributed by atoms with Gasteiger partial charge in [-0.1, -0.05) is 0 Å². The van der Waals surface area contributed by atoms with E-state index in [1.807, 2.05) is 0 Å². The van der Waals surface area contributed by atoms with E-state index < -0.39 is 26.8 Å². The summed E-state index contributed by atoms with van der Waals surface area (Å²) in [6, 6.07) is 0. The maximum absolute atomic E-state index is 11.4. The number of hydrogen-bond donors (Lipinski definition) is 2. The van der Waals surface area contributed by atoms with Crippen molar-refractivity contribution in [1.29, 1.82) is 0 Å². The SMILES string of the molecule is C[NH+]1C[C@]2([N+](=O)[O-])C=C(C(N)=O)C[C@]([N+](=O)[O-])(C1)C2. The molecule has 1 saturated heterocycles. The van der Waals surface area contributed by atoms with Crippen LogP contribution in [0, 0.1) is 20.2 Å². The van der Waals surface area contributed by atoms with Crippen molar-refractivity contribution < 1.29 is 19.5 Å². The zero-order chi connectivity index (χ0) is 14.4. The molecule has 1 fully saturated rings. The van der Waals surface area contributed by atoms with E-state index in [4.69, 9.17) is 5.73 Å². The first-order valence-electron chi connectivity index (χ1n) is 5.83. The molecule has 3 N–H and O–H groups in total. The van der Waals surface area contributed by atoms with E-state index in [0.29, 0.717) is 4.90 Å². The highest BCUT2D eigenvalue weighted by molar-refractivity contribution is 5.92. The van der Waals surface area contributed by atoms with Crippen molar-refractivity contribution in [2.75, 3.05) is 20.1 Å². The Labute approximate surface area is 108 Å². The lowest BCUT2D eigenvalue weighted by Gasteiger charge is -2.41. The van der Waals surface area contributed by atoms with Gasteiger partial charge in [0, 0.05) is 21.5 Å². The van der Waals surface area contributed by atoms with Crippen LogP contribution in [0.15, 0.2) is 11.6 Å². The molecule has 1 unspecified atom stereocenters. The summed E-state index contributed by atoms with van der Waals surface area (Å²) < 4.78 is 0. The van der Waals surface area contributed by atoms with Gasteiger partial charge in [0.15, 0.2) is 6.54 Å². The summed E-state index contributed by atoms with van der Waals surface area (Å²) in [5.74, 6) is -0.822. The highest BCUT2D eigenvalue weighted by Gasteiger charge is 2.66. The van der Waals surface area contributed by atoms with Crippen molar-refractivity contribution in [2.24, 2.45) is 5.73 Å². The Kier molecular flexibility index (Phi) is 2.81. The third-order valence-corrected chi connectivity index (χ3v) is 3.90. The fourth-order valence-corrected chi connectivity index (χ4v) is 3.33. The molecule has 1 amide bonds. The van der Waals surface area contributed by atoms with Crippen molar-refractivity contribution in [3.05, 3.63) is 31.9 Å². The van der Waals surface area contributed by atoms with Crippen LogP contribution in [0.25, 0.3) is 0 Å². The zero-order valence-electron chi connectivity index (χ0n) is 10.4. The molecule has 2 bridgehead atoms. The summed E-state index contributed by atoms with van der Waals surface area (Å²) in [5, 5.41) is 22.7. The Hall–Kier alpha value is -2.03. The van der Waals surface area contributed by atoms with Gasteiger partial charge in [-0.05, 0) is 0 Å². The summed E-state index contributed by atoms with van der Waals surface area (Å²) in [5.41, 5.74) is 2.11. The number of likely N-dealkylation sites (N-methyl/N-ethyl adjacent to an activating group) is 1. The fraction of sp³-hybridized carbons (Fsp3) is 0.700. The molecule has 0 radical (unpaired) electrons. The number of nitrogens with one attached hydrogen (secondary N) is 1. The minimum Gasteiger partial charge on any atom is -0.366 e. The molecule has 0 aromatic rings. The predicted octanol–water partition coefficient (Wildman–Crippen LogP) is -2.25. The molecule has 104 valence electrons. The Morgan fingerprint density at radius 1 is 1.37 bits per heavy atom. The largest absolute Gasteiger partial charge is 0.366 e. The first-order chi connectivity index (χ1) is 8.71. The second-order valence-electron chi connectivity index (χ2n) is 5.54. The van der Waals surface area contributed by atoms with Crippen LogP contribution in [0.5, 0.6) is 0 Å². The standard InChI is InChI=1S/C10H14N4O5/c1-12-5-9(13(16)17)2-7(8(11)15)3-10(4-9,6-12)14(18)19/h2H,3-6H2,1H3,(H2,11,15)/p+1/t9-,10+/m0/s1. The molecule has 1 aliphatic heterocycles. The van der Waals surface area contributed by atoms with Crippen molar-refractivity contribution in [3.8, 4) is 0 Å². The number of quaternary nitrogens is 1. The average molecular weight is 271 g/mol. The van der Waals surface area contributed by atoms with Gasteiger partial charge >= 0.3 is 0 Å². The van der Waals surface area contributed by atoms with Crippen LogP contribution in [0.4, 0.5) is 0 Å². The molecule has 9 nitrogen and oxygen atoms in total. The van der Waals surface area contributed by atoms with Crippen molar-refractivity contribution >= 4 is 5.91 Å². The number of hydrogen-bond acceptors (Lipinski definition) is 5. The topological polar surface area (TPSA) is 134 Å². The number of piperidine rings is 1. The lowest BCUT2D eigenvalue weighted by atomic mass is 9.69. The molecular formula is C10H15N4O5+. The van der Waals surface area contributed by atoms with Crippen LogP contribution >= 0.6 is 0 Å². The number of nitro groups is 2. The lowest BCUT2D eigenvalue weighted by molar-refractivity contribution is -0.926. The monoisotopic (exact) mass is 271 g/mol. The summed E-state index contributed by atoms with van der Waals surface area (Å²) in [6.45, 7) is 0.270. The molecule has 2 aliphatic rings. The average Bonchev–Trinajstić information content (AvgIpc) is 2.26. The number of nitrogens with two attached hydrogens (primary N) is 1. The van der Waals surface area contributed by atoms with E-state index in [-0.39, 0.29) is 31.5 Å². The maximum Gasteiger partial charge on any atom is 0.295 e. The lowest BCUT2D eigenvalue weighted by Crippen LogP contribution is -3.15. The highest BCUT2D eigenvalue weighted by Crippen LogP contribution is 2.39. The van der Waals surface area contributed by atoms with Crippen molar-refractivity contribution in [1.82, 2.24) is 0 Å². The van der Waals surface area contributed by atoms with Gasteiger partial charge in [-0.3, -0.25) is 25.0 Å². The maximum atomic E-state index is 11.4. The van der Waals surface area contributed by atoms with Gasteiger partial charge in [-0.25, -0.2) is 0 Å². The van der Waals surface area contributed by atoms with Crippen molar-refractivity contribution in [2.45, 2.75) is 23.9 Å². The number of fused-ring (bicyclic) bond motifs is 2. The normalized spacial score (nSPS) is 37.3. The first-order valence-corrected chi connectivity index (χ1v) is 5.83. The number of primary amides is 1. The predicted molar refractivity (Wildman–Crippen MR) is 62.6 cm³/mol. The highest BCUT2D eigenvalue weighted by atomic mass is 16.6. The quantitative estimate of drug-likeness (QED) is 0.442. The third kappa shape index (κ3) is 1.95. The van der Waals surface area contributed by atoms with E-state index in [0.717, 1.165) is 0 Å². The van der Waals surface area contributed by atoms with Gasteiger partial charge in [0.1, 0.15) is 13.0 Å². The molecule has 1 heterocycles. The molecule has 0 aromatic heterocycles. The van der Waals surface area contributed by atoms with Crippen LogP contribution < -0.4 is 10.6 Å². The Morgan fingerprint density at radius 3 is 2.47 bits per heavy atom. The molecule has 2 rings (SSSR count). The van der Waals surface area contributed by atoms with Gasteiger partial charge in [-0.2, -0.15) is 0 Å². The third-order valence-electron chi connectivity index (χ3n) is 3.90. The molecule has 19 heavy (non-hydrogen) atoms. The van der Waals surface area contributed by atoms with E-state index in [1.54, 1.807) is 7.05 Å². The van der Waals surface area contributed by atoms with Crippen LogP contribution in [0.2, 0.25) is 0 Å². The number of carbonyl (C=O) groups excluding carboxylic acids is 1.